The van der Waals surface area contributed by atoms with Crippen molar-refractivity contribution >= 4 is 6.09 Å². The van der Waals surface area contributed by atoms with Crippen LogP contribution in [0.1, 0.15) is 12.0 Å². The predicted octanol–water partition coefficient (Wildman–Crippen LogP) is 1.25. The fourth-order valence-corrected chi connectivity index (χ4v) is 1.45. The molecule has 0 fully saturated rings. The van der Waals surface area contributed by atoms with Gasteiger partial charge in [-0.05, 0) is 18.4 Å². The Morgan fingerprint density at radius 2 is 2.00 bits per heavy atom. The van der Waals surface area contributed by atoms with Gasteiger partial charge < -0.3 is 15.5 Å². The van der Waals surface area contributed by atoms with Gasteiger partial charge in [0, 0.05) is 12.6 Å². The van der Waals surface area contributed by atoms with Gasteiger partial charge in [-0.15, -0.1) is 0 Å². The Balaban J connectivity index is 2.54. The van der Waals surface area contributed by atoms with Crippen LogP contribution in [0.5, 0.6) is 0 Å². The third-order valence-corrected chi connectivity index (χ3v) is 2.13. The average Bonchev–Trinajstić information content (AvgIpc) is 2.18. The molecular formula is C11H15NO3. The van der Waals surface area contributed by atoms with Crippen LogP contribution in [-0.4, -0.2) is 29.0 Å². The standard InChI is InChI=1S/C11H15NO3/c13-7-6-10(12-11(14)15)8-9-4-2-1-3-5-9/h1-5,10,12-13H,6-8H2,(H,14,15)/t10-/m0/s1. The fourth-order valence-electron chi connectivity index (χ4n) is 1.45. The minimum Gasteiger partial charge on any atom is -0.465 e. The van der Waals surface area contributed by atoms with Gasteiger partial charge >= 0.3 is 6.09 Å². The van der Waals surface area contributed by atoms with Crippen molar-refractivity contribution in [2.45, 2.75) is 18.9 Å². The summed E-state index contributed by atoms with van der Waals surface area (Å²) in [4.78, 5) is 10.5. The van der Waals surface area contributed by atoms with Crippen LogP contribution in [0.2, 0.25) is 0 Å². The Bertz CT molecular complexity index is 300. The van der Waals surface area contributed by atoms with Crippen LogP contribution in [0.3, 0.4) is 0 Å². The van der Waals surface area contributed by atoms with Gasteiger partial charge in [0.2, 0.25) is 0 Å². The number of carbonyl (C=O) groups is 1. The van der Waals surface area contributed by atoms with Gasteiger partial charge in [0.05, 0.1) is 0 Å². The van der Waals surface area contributed by atoms with Gasteiger partial charge in [0.1, 0.15) is 0 Å². The number of carboxylic acid groups (broad SMARTS) is 1. The highest BCUT2D eigenvalue weighted by atomic mass is 16.4. The van der Waals surface area contributed by atoms with E-state index in [1.807, 2.05) is 30.3 Å². The van der Waals surface area contributed by atoms with Crippen molar-refractivity contribution in [2.24, 2.45) is 0 Å². The van der Waals surface area contributed by atoms with E-state index in [2.05, 4.69) is 5.32 Å². The molecule has 82 valence electrons. The number of aliphatic hydroxyl groups excluding tert-OH is 1. The van der Waals surface area contributed by atoms with Crippen molar-refractivity contribution < 1.29 is 15.0 Å². The summed E-state index contributed by atoms with van der Waals surface area (Å²) in [6.07, 6.45) is -0.0149. The number of nitrogens with one attached hydrogen (secondary N) is 1. The molecule has 0 aliphatic carbocycles. The van der Waals surface area contributed by atoms with Gasteiger partial charge in [-0.2, -0.15) is 0 Å². The average molecular weight is 209 g/mol. The van der Waals surface area contributed by atoms with Crippen molar-refractivity contribution in [1.29, 1.82) is 0 Å². The molecule has 0 aliphatic heterocycles. The molecule has 1 rings (SSSR count). The summed E-state index contributed by atoms with van der Waals surface area (Å²) in [6.45, 7) is -0.0161. The molecule has 0 saturated carbocycles. The summed E-state index contributed by atoms with van der Waals surface area (Å²) in [5, 5.41) is 19.8. The lowest BCUT2D eigenvalue weighted by Crippen LogP contribution is -2.36. The number of hydrogen-bond acceptors (Lipinski definition) is 2. The van der Waals surface area contributed by atoms with E-state index in [0.717, 1.165) is 5.56 Å². The van der Waals surface area contributed by atoms with Crippen LogP contribution in [0.15, 0.2) is 30.3 Å². The van der Waals surface area contributed by atoms with E-state index in [1.165, 1.54) is 0 Å². The maximum absolute atomic E-state index is 10.5. The summed E-state index contributed by atoms with van der Waals surface area (Å²) in [7, 11) is 0. The molecule has 0 unspecified atom stereocenters. The fraction of sp³-hybridized carbons (Fsp3) is 0.364. The second-order valence-corrected chi connectivity index (χ2v) is 3.35. The van der Waals surface area contributed by atoms with Crippen molar-refractivity contribution in [3.63, 3.8) is 0 Å². The topological polar surface area (TPSA) is 69.6 Å². The summed E-state index contributed by atoms with van der Waals surface area (Å²) in [5.74, 6) is 0. The number of hydrogen-bond donors (Lipinski definition) is 3. The van der Waals surface area contributed by atoms with Crippen LogP contribution in [0.4, 0.5) is 4.79 Å². The molecule has 4 heteroatoms. The van der Waals surface area contributed by atoms with Crippen molar-refractivity contribution in [2.75, 3.05) is 6.61 Å². The molecule has 0 heterocycles. The first-order chi connectivity index (χ1) is 7.22. The minimum atomic E-state index is -1.05. The van der Waals surface area contributed by atoms with Crippen LogP contribution in [-0.2, 0) is 6.42 Å². The van der Waals surface area contributed by atoms with E-state index in [0.29, 0.717) is 12.8 Å². The van der Waals surface area contributed by atoms with Gasteiger partial charge in [0.15, 0.2) is 0 Å². The molecular weight excluding hydrogens is 194 g/mol. The lowest BCUT2D eigenvalue weighted by atomic mass is 10.0. The first-order valence-corrected chi connectivity index (χ1v) is 4.86. The van der Waals surface area contributed by atoms with Crippen LogP contribution in [0.25, 0.3) is 0 Å². The molecule has 0 aliphatic rings. The largest absolute Gasteiger partial charge is 0.465 e. The highest BCUT2D eigenvalue weighted by molar-refractivity contribution is 5.64. The number of rotatable bonds is 5. The molecule has 1 atom stereocenters. The van der Waals surface area contributed by atoms with E-state index < -0.39 is 6.09 Å². The molecule has 15 heavy (non-hydrogen) atoms. The quantitative estimate of drug-likeness (QED) is 0.683. The Morgan fingerprint density at radius 1 is 1.33 bits per heavy atom. The molecule has 0 spiro atoms. The van der Waals surface area contributed by atoms with E-state index >= 15 is 0 Å². The van der Waals surface area contributed by atoms with Gasteiger partial charge in [-0.3, -0.25) is 0 Å². The number of benzene rings is 1. The van der Waals surface area contributed by atoms with Crippen molar-refractivity contribution in [3.05, 3.63) is 35.9 Å². The zero-order chi connectivity index (χ0) is 11.1. The Morgan fingerprint density at radius 3 is 2.53 bits per heavy atom. The van der Waals surface area contributed by atoms with Gasteiger partial charge in [0.25, 0.3) is 0 Å². The monoisotopic (exact) mass is 209 g/mol. The molecule has 0 bridgehead atoms. The highest BCUT2D eigenvalue weighted by Gasteiger charge is 2.11. The molecule has 3 N–H and O–H groups in total. The molecule has 0 radical (unpaired) electrons. The Hall–Kier alpha value is -1.55. The summed E-state index contributed by atoms with van der Waals surface area (Å²) in [5.41, 5.74) is 1.06. The third kappa shape index (κ3) is 4.46. The Kier molecular flexibility index (Phi) is 4.63. The van der Waals surface area contributed by atoms with Crippen molar-refractivity contribution in [1.82, 2.24) is 5.32 Å². The van der Waals surface area contributed by atoms with E-state index in [-0.39, 0.29) is 12.6 Å². The van der Waals surface area contributed by atoms with Gasteiger partial charge in [-0.1, -0.05) is 30.3 Å². The molecule has 1 aromatic rings. The SMILES string of the molecule is O=C(O)N[C@@H](CCO)Cc1ccccc1. The van der Waals surface area contributed by atoms with Crippen LogP contribution in [0, 0.1) is 0 Å². The van der Waals surface area contributed by atoms with E-state index in [9.17, 15) is 4.79 Å². The summed E-state index contributed by atoms with van der Waals surface area (Å²) < 4.78 is 0. The zero-order valence-electron chi connectivity index (χ0n) is 8.39. The molecule has 0 aromatic heterocycles. The lowest BCUT2D eigenvalue weighted by Gasteiger charge is -2.15. The molecule has 4 nitrogen and oxygen atoms in total. The molecule has 0 saturated heterocycles. The normalized spacial score (nSPS) is 12.1. The first kappa shape index (κ1) is 11.5. The van der Waals surface area contributed by atoms with Gasteiger partial charge in [-0.25, -0.2) is 4.79 Å². The molecule has 1 aromatic carbocycles. The predicted molar refractivity (Wildman–Crippen MR) is 56.8 cm³/mol. The minimum absolute atomic E-state index is 0.0161. The number of aliphatic hydroxyl groups is 1. The zero-order valence-corrected chi connectivity index (χ0v) is 8.39. The number of amides is 1. The third-order valence-electron chi connectivity index (χ3n) is 2.13. The maximum atomic E-state index is 10.5. The smallest absolute Gasteiger partial charge is 0.404 e. The first-order valence-electron chi connectivity index (χ1n) is 4.86. The van der Waals surface area contributed by atoms with Crippen LogP contribution < -0.4 is 5.32 Å². The van der Waals surface area contributed by atoms with Crippen LogP contribution >= 0.6 is 0 Å². The second-order valence-electron chi connectivity index (χ2n) is 3.35. The summed E-state index contributed by atoms with van der Waals surface area (Å²) in [6, 6.07) is 9.38. The Labute approximate surface area is 88.6 Å². The van der Waals surface area contributed by atoms with Crippen molar-refractivity contribution in [3.8, 4) is 0 Å². The summed E-state index contributed by atoms with van der Waals surface area (Å²) >= 11 is 0. The lowest BCUT2D eigenvalue weighted by molar-refractivity contribution is 0.185. The molecule has 1 amide bonds. The highest BCUT2D eigenvalue weighted by Crippen LogP contribution is 2.05. The maximum Gasteiger partial charge on any atom is 0.404 e. The second kappa shape index (κ2) is 6.03. The van der Waals surface area contributed by atoms with E-state index in [1.54, 1.807) is 0 Å². The van der Waals surface area contributed by atoms with E-state index in [4.69, 9.17) is 10.2 Å².